The molecule has 0 amide bonds. The molecule has 0 aromatic rings. The van der Waals surface area contributed by atoms with E-state index in [4.69, 9.17) is 0 Å². The highest BCUT2D eigenvalue weighted by molar-refractivity contribution is 4.95. The highest BCUT2D eigenvalue weighted by Gasteiger charge is 2.21. The summed E-state index contributed by atoms with van der Waals surface area (Å²) in [5.74, 6) is 0. The van der Waals surface area contributed by atoms with Gasteiger partial charge in [-0.05, 0) is 25.7 Å². The molecule has 0 N–H and O–H groups in total. The van der Waals surface area contributed by atoms with Gasteiger partial charge in [0.15, 0.2) is 0 Å². The molecule has 0 unspecified atom stereocenters. The van der Waals surface area contributed by atoms with Crippen LogP contribution in [0, 0.1) is 0 Å². The quantitative estimate of drug-likeness (QED) is 0.663. The van der Waals surface area contributed by atoms with E-state index >= 15 is 0 Å². The van der Waals surface area contributed by atoms with Gasteiger partial charge in [0.25, 0.3) is 0 Å². The molecule has 1 aliphatic heterocycles. The van der Waals surface area contributed by atoms with E-state index in [0.29, 0.717) is 0 Å². The van der Waals surface area contributed by atoms with Crippen LogP contribution >= 0.6 is 0 Å². The summed E-state index contributed by atoms with van der Waals surface area (Å²) < 4.78 is 0. The summed E-state index contributed by atoms with van der Waals surface area (Å²) in [6, 6.07) is 1.45. The molecule has 88 valence electrons. The van der Waals surface area contributed by atoms with Gasteiger partial charge in [0.2, 0.25) is 0 Å². The van der Waals surface area contributed by atoms with E-state index in [1.54, 1.807) is 0 Å². The van der Waals surface area contributed by atoms with E-state index in [1.807, 2.05) is 0 Å². The summed E-state index contributed by atoms with van der Waals surface area (Å²) >= 11 is 0. The Hall–Kier alpha value is -0.660. The minimum atomic E-state index is 0.723. The summed E-state index contributed by atoms with van der Waals surface area (Å²) in [4.78, 5) is 4.97. The van der Waals surface area contributed by atoms with E-state index < -0.39 is 0 Å². The lowest BCUT2D eigenvalue weighted by Crippen LogP contribution is -2.37. The highest BCUT2D eigenvalue weighted by atomic mass is 15.4. The van der Waals surface area contributed by atoms with Crippen molar-refractivity contribution < 1.29 is 0 Å². The van der Waals surface area contributed by atoms with Gasteiger partial charge in [-0.2, -0.15) is 0 Å². The third-order valence-corrected chi connectivity index (χ3v) is 3.60. The van der Waals surface area contributed by atoms with Crippen LogP contribution in [0.5, 0.6) is 0 Å². The van der Waals surface area contributed by atoms with Crippen molar-refractivity contribution in [2.24, 2.45) is 0 Å². The molecule has 15 heavy (non-hydrogen) atoms. The molecule has 0 radical (unpaired) electrons. The Morgan fingerprint density at radius 3 is 1.40 bits per heavy atom. The van der Waals surface area contributed by atoms with E-state index in [9.17, 15) is 0 Å². The minimum absolute atomic E-state index is 0.723. The molecule has 1 aliphatic rings. The Bertz CT molecular complexity index is 173. The van der Waals surface area contributed by atoms with Crippen molar-refractivity contribution in [2.75, 3.05) is 6.67 Å². The first-order chi connectivity index (χ1) is 7.26. The lowest BCUT2D eigenvalue weighted by Gasteiger charge is -2.31. The molecule has 1 heterocycles. The van der Waals surface area contributed by atoms with Crippen LogP contribution in [0.25, 0.3) is 0 Å². The number of rotatable bonds is 6. The second-order valence-electron chi connectivity index (χ2n) is 4.41. The highest BCUT2D eigenvalue weighted by Crippen LogP contribution is 2.19. The number of hydrogen-bond donors (Lipinski definition) is 0. The predicted octanol–water partition coefficient (Wildman–Crippen LogP) is 3.41. The Kier molecular flexibility index (Phi) is 5.00. The van der Waals surface area contributed by atoms with Crippen LogP contribution in [0.1, 0.15) is 53.4 Å². The third kappa shape index (κ3) is 2.90. The fourth-order valence-electron chi connectivity index (χ4n) is 2.44. The lowest BCUT2D eigenvalue weighted by atomic mass is 10.1. The Morgan fingerprint density at radius 1 is 0.800 bits per heavy atom. The second-order valence-corrected chi connectivity index (χ2v) is 4.41. The number of hydrogen-bond acceptors (Lipinski definition) is 2. The van der Waals surface area contributed by atoms with Gasteiger partial charge in [0.1, 0.15) is 0 Å². The normalized spacial score (nSPS) is 16.1. The van der Waals surface area contributed by atoms with Crippen molar-refractivity contribution in [1.29, 1.82) is 0 Å². The van der Waals surface area contributed by atoms with Crippen LogP contribution in [0.15, 0.2) is 12.4 Å². The third-order valence-electron chi connectivity index (χ3n) is 3.60. The van der Waals surface area contributed by atoms with E-state index in [-0.39, 0.29) is 0 Å². The summed E-state index contributed by atoms with van der Waals surface area (Å²) in [6.45, 7) is 10.2. The summed E-state index contributed by atoms with van der Waals surface area (Å²) in [5.41, 5.74) is 0. The molecule has 0 bridgehead atoms. The SMILES string of the molecule is CCC(CC)N1C=CN(C(CC)CC)C1. The largest absolute Gasteiger partial charge is 0.356 e. The standard InChI is InChI=1S/C13H26N2/c1-5-12(6-2)14-9-10-15(11-14)13(7-3)8-4/h9-10,12-13H,5-8,11H2,1-4H3. The van der Waals surface area contributed by atoms with Crippen LogP contribution in [0.4, 0.5) is 0 Å². The zero-order valence-corrected chi connectivity index (χ0v) is 10.7. The summed E-state index contributed by atoms with van der Waals surface area (Å²) in [5, 5.41) is 0. The minimum Gasteiger partial charge on any atom is -0.356 e. The molecule has 2 nitrogen and oxygen atoms in total. The summed E-state index contributed by atoms with van der Waals surface area (Å²) in [7, 11) is 0. The van der Waals surface area contributed by atoms with Gasteiger partial charge in [-0.1, -0.05) is 27.7 Å². The number of nitrogens with zero attached hydrogens (tertiary/aromatic N) is 2. The van der Waals surface area contributed by atoms with Gasteiger partial charge in [0, 0.05) is 24.5 Å². The fourth-order valence-corrected chi connectivity index (χ4v) is 2.44. The van der Waals surface area contributed by atoms with Crippen LogP contribution in [0.3, 0.4) is 0 Å². The predicted molar refractivity (Wildman–Crippen MR) is 66.4 cm³/mol. The molecule has 0 aromatic carbocycles. The van der Waals surface area contributed by atoms with Crippen molar-refractivity contribution in [3.05, 3.63) is 12.4 Å². The zero-order valence-electron chi connectivity index (χ0n) is 10.7. The molecule has 0 fully saturated rings. The van der Waals surface area contributed by atoms with Crippen LogP contribution in [0.2, 0.25) is 0 Å². The first-order valence-corrected chi connectivity index (χ1v) is 6.46. The smallest absolute Gasteiger partial charge is 0.0899 e. The van der Waals surface area contributed by atoms with Crippen molar-refractivity contribution in [3.63, 3.8) is 0 Å². The Labute approximate surface area is 94.9 Å². The lowest BCUT2D eigenvalue weighted by molar-refractivity contribution is 0.164. The van der Waals surface area contributed by atoms with E-state index in [0.717, 1.165) is 18.8 Å². The van der Waals surface area contributed by atoms with Gasteiger partial charge in [-0.3, -0.25) is 0 Å². The van der Waals surface area contributed by atoms with Crippen molar-refractivity contribution in [2.45, 2.75) is 65.5 Å². The monoisotopic (exact) mass is 210 g/mol. The molecule has 2 heteroatoms. The molecular formula is C13H26N2. The van der Waals surface area contributed by atoms with Crippen LogP contribution in [-0.4, -0.2) is 28.6 Å². The van der Waals surface area contributed by atoms with Crippen molar-refractivity contribution >= 4 is 0 Å². The molecular weight excluding hydrogens is 184 g/mol. The van der Waals surface area contributed by atoms with Crippen LogP contribution < -0.4 is 0 Å². The first-order valence-electron chi connectivity index (χ1n) is 6.46. The van der Waals surface area contributed by atoms with E-state index in [1.165, 1.54) is 25.7 Å². The van der Waals surface area contributed by atoms with Crippen molar-refractivity contribution in [1.82, 2.24) is 9.80 Å². The topological polar surface area (TPSA) is 6.48 Å². The fraction of sp³-hybridized carbons (Fsp3) is 0.846. The van der Waals surface area contributed by atoms with Gasteiger partial charge >= 0.3 is 0 Å². The maximum absolute atomic E-state index is 2.48. The van der Waals surface area contributed by atoms with Gasteiger partial charge in [0.05, 0.1) is 6.67 Å². The maximum atomic E-state index is 2.48. The van der Waals surface area contributed by atoms with Crippen LogP contribution in [-0.2, 0) is 0 Å². The molecule has 0 atom stereocenters. The average molecular weight is 210 g/mol. The maximum Gasteiger partial charge on any atom is 0.0899 e. The first kappa shape index (κ1) is 12.4. The van der Waals surface area contributed by atoms with E-state index in [2.05, 4.69) is 49.9 Å². The zero-order chi connectivity index (χ0) is 11.3. The average Bonchev–Trinajstić information content (AvgIpc) is 2.71. The summed E-state index contributed by atoms with van der Waals surface area (Å²) in [6.07, 6.45) is 9.54. The molecule has 1 rings (SSSR count). The molecule has 0 saturated carbocycles. The molecule has 0 aliphatic carbocycles. The van der Waals surface area contributed by atoms with Gasteiger partial charge < -0.3 is 9.80 Å². The Morgan fingerprint density at radius 2 is 1.13 bits per heavy atom. The molecule has 0 saturated heterocycles. The van der Waals surface area contributed by atoms with Gasteiger partial charge in [-0.25, -0.2) is 0 Å². The second kappa shape index (κ2) is 6.04. The molecule has 0 spiro atoms. The Balaban J connectivity index is 2.48. The molecule has 0 aromatic heterocycles. The van der Waals surface area contributed by atoms with Gasteiger partial charge in [-0.15, -0.1) is 0 Å². The van der Waals surface area contributed by atoms with Crippen molar-refractivity contribution in [3.8, 4) is 0 Å².